The first-order chi connectivity index (χ1) is 8.20. The number of piperidine rings is 1. The van der Waals surface area contributed by atoms with Crippen molar-refractivity contribution in [3.8, 4) is 0 Å². The minimum atomic E-state index is -0.221. The highest BCUT2D eigenvalue weighted by molar-refractivity contribution is 7.15. The van der Waals surface area contributed by atoms with Crippen LogP contribution in [0, 0.1) is 5.92 Å². The maximum Gasteiger partial charge on any atom is 0.208 e. The molecular weight excluding hydrogens is 234 g/mol. The molecule has 0 bridgehead atoms. The van der Waals surface area contributed by atoms with E-state index in [0.29, 0.717) is 5.92 Å². The van der Waals surface area contributed by atoms with Crippen molar-refractivity contribution in [2.24, 2.45) is 5.92 Å². The maximum absolute atomic E-state index is 9.67. The van der Waals surface area contributed by atoms with E-state index in [2.05, 4.69) is 22.0 Å². The van der Waals surface area contributed by atoms with Crippen LogP contribution in [0.15, 0.2) is 0 Å². The summed E-state index contributed by atoms with van der Waals surface area (Å²) in [5.41, 5.74) is 0. The lowest BCUT2D eigenvalue weighted by atomic mass is 9.94. The molecule has 1 N–H and O–H groups in total. The monoisotopic (exact) mass is 255 g/mol. The van der Waals surface area contributed by atoms with Gasteiger partial charge in [-0.15, -0.1) is 10.2 Å². The lowest BCUT2D eigenvalue weighted by molar-refractivity contribution is 0.115. The van der Waals surface area contributed by atoms with Crippen LogP contribution in [0.25, 0.3) is 0 Å². The van der Waals surface area contributed by atoms with Crippen molar-refractivity contribution in [3.63, 3.8) is 0 Å². The molecule has 5 heteroatoms. The Kier molecular flexibility index (Phi) is 4.34. The number of aliphatic hydroxyl groups excluding tert-OH is 1. The van der Waals surface area contributed by atoms with E-state index in [4.69, 9.17) is 0 Å². The molecule has 1 aliphatic heterocycles. The highest BCUT2D eigenvalue weighted by Crippen LogP contribution is 2.27. The van der Waals surface area contributed by atoms with Gasteiger partial charge in [-0.05, 0) is 26.2 Å². The normalized spacial score (nSPS) is 22.8. The van der Waals surface area contributed by atoms with Crippen LogP contribution in [0.1, 0.15) is 38.1 Å². The molecule has 2 unspecified atom stereocenters. The van der Waals surface area contributed by atoms with Gasteiger partial charge in [0, 0.05) is 25.4 Å². The first kappa shape index (κ1) is 12.8. The van der Waals surface area contributed by atoms with E-state index < -0.39 is 0 Å². The number of aryl methyl sites for hydroxylation is 1. The molecule has 1 aromatic heterocycles. The van der Waals surface area contributed by atoms with E-state index in [9.17, 15) is 5.11 Å². The van der Waals surface area contributed by atoms with Crippen molar-refractivity contribution in [1.29, 1.82) is 0 Å². The molecule has 0 aliphatic carbocycles. The molecule has 4 nitrogen and oxygen atoms in total. The summed E-state index contributed by atoms with van der Waals surface area (Å²) in [6.07, 6.45) is 4.17. The predicted molar refractivity (Wildman–Crippen MR) is 70.5 cm³/mol. The van der Waals surface area contributed by atoms with Gasteiger partial charge in [0.2, 0.25) is 5.13 Å². The lowest BCUT2D eigenvalue weighted by Gasteiger charge is -2.33. The number of hydrogen-bond acceptors (Lipinski definition) is 5. The van der Waals surface area contributed by atoms with E-state index in [0.717, 1.165) is 48.9 Å². The highest BCUT2D eigenvalue weighted by Gasteiger charge is 2.25. The maximum atomic E-state index is 9.67. The van der Waals surface area contributed by atoms with Crippen LogP contribution in [0.5, 0.6) is 0 Å². The second-order valence-corrected chi connectivity index (χ2v) is 5.86. The summed E-state index contributed by atoms with van der Waals surface area (Å²) < 4.78 is 0. The van der Waals surface area contributed by atoms with Gasteiger partial charge in [-0.1, -0.05) is 18.3 Å². The molecular formula is C12H21N3OS. The summed E-state index contributed by atoms with van der Waals surface area (Å²) in [5, 5.41) is 20.3. The fourth-order valence-electron chi connectivity index (χ4n) is 2.26. The molecule has 0 aromatic carbocycles. The van der Waals surface area contributed by atoms with Crippen LogP contribution in [-0.2, 0) is 6.42 Å². The highest BCUT2D eigenvalue weighted by atomic mass is 32.1. The topological polar surface area (TPSA) is 49.2 Å². The Hall–Kier alpha value is -0.680. The summed E-state index contributed by atoms with van der Waals surface area (Å²) in [6, 6.07) is 0. The Balaban J connectivity index is 2.00. The molecule has 0 amide bonds. The number of nitrogens with zero attached hydrogens (tertiary/aromatic N) is 3. The first-order valence-corrected chi connectivity index (χ1v) is 7.27. The van der Waals surface area contributed by atoms with E-state index in [1.807, 2.05) is 6.92 Å². The smallest absolute Gasteiger partial charge is 0.208 e. The van der Waals surface area contributed by atoms with Gasteiger partial charge in [0.15, 0.2) is 0 Å². The summed E-state index contributed by atoms with van der Waals surface area (Å²) in [5.74, 6) is 0.377. The Morgan fingerprint density at radius 2 is 2.35 bits per heavy atom. The van der Waals surface area contributed by atoms with Gasteiger partial charge in [-0.3, -0.25) is 0 Å². The zero-order valence-corrected chi connectivity index (χ0v) is 11.4. The molecule has 0 radical (unpaired) electrons. The van der Waals surface area contributed by atoms with E-state index in [1.54, 1.807) is 11.3 Å². The average molecular weight is 255 g/mol. The largest absolute Gasteiger partial charge is 0.393 e. The van der Waals surface area contributed by atoms with Crippen molar-refractivity contribution in [2.45, 2.75) is 45.6 Å². The second kappa shape index (κ2) is 5.78. The Morgan fingerprint density at radius 3 is 3.06 bits per heavy atom. The molecule has 2 heterocycles. The summed E-state index contributed by atoms with van der Waals surface area (Å²) in [4.78, 5) is 2.28. The summed E-state index contributed by atoms with van der Waals surface area (Å²) in [7, 11) is 0. The summed E-state index contributed by atoms with van der Waals surface area (Å²) in [6.45, 7) is 6.00. The van der Waals surface area contributed by atoms with Crippen molar-refractivity contribution >= 4 is 16.5 Å². The number of anilines is 1. The Labute approximate surface area is 107 Å². The van der Waals surface area contributed by atoms with Gasteiger partial charge in [-0.2, -0.15) is 0 Å². The number of aliphatic hydroxyl groups is 1. The van der Waals surface area contributed by atoms with Gasteiger partial charge >= 0.3 is 0 Å². The lowest BCUT2D eigenvalue weighted by Crippen LogP contribution is -2.39. The summed E-state index contributed by atoms with van der Waals surface area (Å²) >= 11 is 1.70. The second-order valence-electron chi connectivity index (χ2n) is 4.82. The van der Waals surface area contributed by atoms with Crippen molar-refractivity contribution in [1.82, 2.24) is 10.2 Å². The van der Waals surface area contributed by atoms with Crippen molar-refractivity contribution in [2.75, 3.05) is 18.0 Å². The van der Waals surface area contributed by atoms with Gasteiger partial charge < -0.3 is 10.0 Å². The van der Waals surface area contributed by atoms with Crippen LogP contribution in [-0.4, -0.2) is 34.5 Å². The fraction of sp³-hybridized carbons (Fsp3) is 0.833. The molecule has 1 fully saturated rings. The van der Waals surface area contributed by atoms with Gasteiger partial charge in [0.25, 0.3) is 0 Å². The molecule has 1 saturated heterocycles. The fourth-order valence-corrected chi connectivity index (χ4v) is 3.24. The third kappa shape index (κ3) is 3.16. The molecule has 2 rings (SSSR count). The predicted octanol–water partition coefficient (Wildman–Crippen LogP) is 2.09. The average Bonchev–Trinajstić information content (AvgIpc) is 2.78. The number of rotatable bonds is 4. The van der Waals surface area contributed by atoms with E-state index >= 15 is 0 Å². The van der Waals surface area contributed by atoms with Crippen LogP contribution in [0.3, 0.4) is 0 Å². The molecule has 1 aliphatic rings. The van der Waals surface area contributed by atoms with Gasteiger partial charge in [0.05, 0.1) is 6.10 Å². The van der Waals surface area contributed by atoms with Crippen LogP contribution < -0.4 is 4.90 Å². The Morgan fingerprint density at radius 1 is 1.53 bits per heavy atom. The molecule has 0 saturated carbocycles. The first-order valence-electron chi connectivity index (χ1n) is 6.46. The number of hydrogen-bond donors (Lipinski definition) is 1. The van der Waals surface area contributed by atoms with Crippen LogP contribution in [0.4, 0.5) is 5.13 Å². The molecule has 2 atom stereocenters. The third-order valence-corrected chi connectivity index (χ3v) is 4.37. The van der Waals surface area contributed by atoms with Crippen molar-refractivity contribution < 1.29 is 5.11 Å². The van der Waals surface area contributed by atoms with E-state index in [-0.39, 0.29) is 6.10 Å². The minimum Gasteiger partial charge on any atom is -0.393 e. The standard InChI is InChI=1S/C12H21N3OS/c1-3-5-11-13-14-12(17-11)15-7-4-6-10(8-15)9(2)16/h9-10,16H,3-8H2,1-2H3. The van der Waals surface area contributed by atoms with E-state index in [1.165, 1.54) is 0 Å². The molecule has 96 valence electrons. The third-order valence-electron chi connectivity index (χ3n) is 3.33. The molecule has 1 aromatic rings. The van der Waals surface area contributed by atoms with Crippen LogP contribution in [0.2, 0.25) is 0 Å². The quantitative estimate of drug-likeness (QED) is 0.895. The molecule has 0 spiro atoms. The van der Waals surface area contributed by atoms with Gasteiger partial charge in [-0.25, -0.2) is 0 Å². The zero-order valence-electron chi connectivity index (χ0n) is 10.6. The van der Waals surface area contributed by atoms with Gasteiger partial charge in [0.1, 0.15) is 5.01 Å². The van der Waals surface area contributed by atoms with Crippen molar-refractivity contribution in [3.05, 3.63) is 5.01 Å². The Bertz CT molecular complexity index is 353. The molecule has 17 heavy (non-hydrogen) atoms. The van der Waals surface area contributed by atoms with Crippen LogP contribution >= 0.6 is 11.3 Å². The SMILES string of the molecule is CCCc1nnc(N2CCCC(C(C)O)C2)s1. The zero-order chi connectivity index (χ0) is 12.3. The minimum absolute atomic E-state index is 0.221. The number of aromatic nitrogens is 2.